The molecule has 0 aliphatic carbocycles. The van der Waals surface area contributed by atoms with Crippen LogP contribution in [0.4, 0.5) is 8.78 Å². The van der Waals surface area contributed by atoms with Crippen molar-refractivity contribution in [3.63, 3.8) is 0 Å². The van der Waals surface area contributed by atoms with Gasteiger partial charge in [0.05, 0.1) is 0 Å². The molecule has 1 aromatic carbocycles. The lowest BCUT2D eigenvalue weighted by atomic mass is 9.96. The molecule has 0 amide bonds. The highest BCUT2D eigenvalue weighted by molar-refractivity contribution is 6.01. The van der Waals surface area contributed by atoms with Gasteiger partial charge in [-0.05, 0) is 39.0 Å². The molecular formula is C12H14F2O2. The minimum Gasteiger partial charge on any atom is -0.368 e. The van der Waals surface area contributed by atoms with Gasteiger partial charge in [-0.1, -0.05) is 0 Å². The predicted octanol–water partition coefficient (Wildman–Crippen LogP) is 2.96. The second-order valence-electron chi connectivity index (χ2n) is 3.90. The Morgan fingerprint density at radius 2 is 1.94 bits per heavy atom. The van der Waals surface area contributed by atoms with Crippen molar-refractivity contribution in [3.8, 4) is 0 Å². The topological polar surface area (TPSA) is 26.3 Å². The van der Waals surface area contributed by atoms with E-state index in [0.29, 0.717) is 6.61 Å². The third-order valence-electron chi connectivity index (χ3n) is 2.23. The molecule has 0 aliphatic rings. The summed E-state index contributed by atoms with van der Waals surface area (Å²) in [5.41, 5.74) is -0.920. The van der Waals surface area contributed by atoms with E-state index in [1.165, 1.54) is 6.07 Å². The number of Topliss-reactive ketones (excluding diaryl/α,β-unsaturated/α-hetero) is 1. The highest BCUT2D eigenvalue weighted by atomic mass is 19.2. The summed E-state index contributed by atoms with van der Waals surface area (Å²) < 4.78 is 30.9. The smallest absolute Gasteiger partial charge is 0.194 e. The van der Waals surface area contributed by atoms with Gasteiger partial charge >= 0.3 is 0 Å². The zero-order chi connectivity index (χ0) is 12.3. The van der Waals surface area contributed by atoms with Gasteiger partial charge < -0.3 is 4.74 Å². The van der Waals surface area contributed by atoms with Crippen LogP contribution in [0.2, 0.25) is 0 Å². The molecule has 0 fully saturated rings. The third kappa shape index (κ3) is 2.64. The van der Waals surface area contributed by atoms with Crippen LogP contribution in [0, 0.1) is 11.6 Å². The molecule has 0 unspecified atom stereocenters. The minimum atomic E-state index is -1.03. The van der Waals surface area contributed by atoms with Crippen LogP contribution in [0.5, 0.6) is 0 Å². The monoisotopic (exact) mass is 228 g/mol. The molecule has 1 rings (SSSR count). The zero-order valence-electron chi connectivity index (χ0n) is 9.51. The van der Waals surface area contributed by atoms with Gasteiger partial charge in [0.25, 0.3) is 0 Å². The van der Waals surface area contributed by atoms with Crippen LogP contribution >= 0.6 is 0 Å². The molecule has 2 nitrogen and oxygen atoms in total. The Morgan fingerprint density at radius 3 is 2.44 bits per heavy atom. The van der Waals surface area contributed by atoms with Crippen LogP contribution in [0.1, 0.15) is 31.1 Å². The molecule has 0 spiro atoms. The fourth-order valence-corrected chi connectivity index (χ4v) is 1.41. The number of carbonyl (C=O) groups is 1. The fraction of sp³-hybridized carbons (Fsp3) is 0.417. The van der Waals surface area contributed by atoms with Crippen molar-refractivity contribution >= 4 is 5.78 Å². The van der Waals surface area contributed by atoms with Crippen LogP contribution in [0.15, 0.2) is 18.2 Å². The Labute approximate surface area is 93.2 Å². The molecule has 1 aromatic rings. The van der Waals surface area contributed by atoms with Gasteiger partial charge in [-0.15, -0.1) is 0 Å². The average molecular weight is 228 g/mol. The van der Waals surface area contributed by atoms with Gasteiger partial charge in [-0.25, -0.2) is 8.78 Å². The Balaban J connectivity index is 3.01. The molecule has 0 atom stereocenters. The second-order valence-corrected chi connectivity index (χ2v) is 3.90. The maximum Gasteiger partial charge on any atom is 0.194 e. The number of carbonyl (C=O) groups excluding carboxylic acids is 1. The first-order chi connectivity index (χ1) is 7.38. The average Bonchev–Trinajstić information content (AvgIpc) is 2.21. The predicted molar refractivity (Wildman–Crippen MR) is 56.4 cm³/mol. The van der Waals surface area contributed by atoms with Crippen molar-refractivity contribution in [2.75, 3.05) is 6.61 Å². The van der Waals surface area contributed by atoms with E-state index in [2.05, 4.69) is 0 Å². The van der Waals surface area contributed by atoms with E-state index in [4.69, 9.17) is 4.74 Å². The van der Waals surface area contributed by atoms with Gasteiger partial charge in [0, 0.05) is 12.2 Å². The van der Waals surface area contributed by atoms with E-state index < -0.39 is 17.2 Å². The van der Waals surface area contributed by atoms with Gasteiger partial charge in [-0.3, -0.25) is 4.79 Å². The van der Waals surface area contributed by atoms with Crippen molar-refractivity contribution in [3.05, 3.63) is 35.4 Å². The summed E-state index contributed by atoms with van der Waals surface area (Å²) in [4.78, 5) is 11.9. The maximum atomic E-state index is 12.9. The molecule has 0 saturated carbocycles. The molecule has 0 bridgehead atoms. The SMILES string of the molecule is CCOC(C)(C)C(=O)c1ccc(F)c(F)c1. The summed E-state index contributed by atoms with van der Waals surface area (Å²) in [5.74, 6) is -2.36. The van der Waals surface area contributed by atoms with Crippen LogP contribution < -0.4 is 0 Å². The van der Waals surface area contributed by atoms with Gasteiger partial charge in [0.2, 0.25) is 0 Å². The molecule has 4 heteroatoms. The van der Waals surface area contributed by atoms with E-state index in [1.54, 1.807) is 20.8 Å². The molecule has 0 aliphatic heterocycles. The second kappa shape index (κ2) is 4.70. The number of hydrogen-bond acceptors (Lipinski definition) is 2. The van der Waals surface area contributed by atoms with Crippen LogP contribution in [-0.2, 0) is 4.74 Å². The Hall–Kier alpha value is -1.29. The number of benzene rings is 1. The van der Waals surface area contributed by atoms with Gasteiger partial charge in [-0.2, -0.15) is 0 Å². The Morgan fingerprint density at radius 1 is 1.31 bits per heavy atom. The van der Waals surface area contributed by atoms with Crippen molar-refractivity contribution in [1.29, 1.82) is 0 Å². The number of rotatable bonds is 4. The minimum absolute atomic E-state index is 0.109. The number of ether oxygens (including phenoxy) is 1. The summed E-state index contributed by atoms with van der Waals surface area (Å²) in [6.07, 6.45) is 0. The first-order valence-electron chi connectivity index (χ1n) is 5.02. The number of ketones is 1. The Bertz CT molecular complexity index is 400. The molecule has 16 heavy (non-hydrogen) atoms. The lowest BCUT2D eigenvalue weighted by Crippen LogP contribution is -2.35. The highest BCUT2D eigenvalue weighted by Gasteiger charge is 2.29. The van der Waals surface area contributed by atoms with Crippen LogP contribution in [0.25, 0.3) is 0 Å². The van der Waals surface area contributed by atoms with Crippen LogP contribution in [0.3, 0.4) is 0 Å². The largest absolute Gasteiger partial charge is 0.368 e. The van der Waals surface area contributed by atoms with E-state index in [-0.39, 0.29) is 11.3 Å². The molecule has 0 aromatic heterocycles. The van der Waals surface area contributed by atoms with Gasteiger partial charge in [0.15, 0.2) is 17.4 Å². The van der Waals surface area contributed by atoms with Crippen molar-refractivity contribution in [1.82, 2.24) is 0 Å². The summed E-state index contributed by atoms with van der Waals surface area (Å²) in [7, 11) is 0. The molecule has 0 radical (unpaired) electrons. The molecule has 0 saturated heterocycles. The summed E-state index contributed by atoms with van der Waals surface area (Å²) in [6, 6.07) is 3.07. The van der Waals surface area contributed by atoms with E-state index >= 15 is 0 Å². The van der Waals surface area contributed by atoms with E-state index in [0.717, 1.165) is 12.1 Å². The molecule has 88 valence electrons. The van der Waals surface area contributed by atoms with E-state index in [1.807, 2.05) is 0 Å². The zero-order valence-corrected chi connectivity index (χ0v) is 9.51. The molecular weight excluding hydrogens is 214 g/mol. The number of halogens is 2. The van der Waals surface area contributed by atoms with E-state index in [9.17, 15) is 13.6 Å². The van der Waals surface area contributed by atoms with Crippen LogP contribution in [-0.4, -0.2) is 18.0 Å². The van der Waals surface area contributed by atoms with Crippen molar-refractivity contribution in [2.24, 2.45) is 0 Å². The third-order valence-corrected chi connectivity index (χ3v) is 2.23. The summed E-state index contributed by atoms with van der Waals surface area (Å²) in [5, 5.41) is 0. The standard InChI is InChI=1S/C12H14F2O2/c1-4-16-12(2,3)11(15)8-5-6-9(13)10(14)7-8/h5-7H,4H2,1-3H3. The molecule has 0 heterocycles. The molecule has 0 N–H and O–H groups in total. The van der Waals surface area contributed by atoms with Crippen molar-refractivity contribution < 1.29 is 18.3 Å². The maximum absolute atomic E-state index is 12.9. The summed E-state index contributed by atoms with van der Waals surface area (Å²) in [6.45, 7) is 5.34. The highest BCUT2D eigenvalue weighted by Crippen LogP contribution is 2.18. The first-order valence-corrected chi connectivity index (χ1v) is 5.02. The van der Waals surface area contributed by atoms with Crippen molar-refractivity contribution in [2.45, 2.75) is 26.4 Å². The van der Waals surface area contributed by atoms with Gasteiger partial charge in [0.1, 0.15) is 5.60 Å². The summed E-state index contributed by atoms with van der Waals surface area (Å²) >= 11 is 0. The first kappa shape index (κ1) is 12.8. The normalized spacial score (nSPS) is 11.6. The lowest BCUT2D eigenvalue weighted by molar-refractivity contribution is 0.00123. The number of hydrogen-bond donors (Lipinski definition) is 0. The Kier molecular flexibility index (Phi) is 3.75. The quantitative estimate of drug-likeness (QED) is 0.740. The fourth-order valence-electron chi connectivity index (χ4n) is 1.41. The lowest BCUT2D eigenvalue weighted by Gasteiger charge is -2.22.